The maximum atomic E-state index is 13.8. The molecule has 0 bridgehead atoms. The highest BCUT2D eigenvalue weighted by Crippen LogP contribution is 2.23. The number of nitrogens with one attached hydrogen (secondary N) is 1. The SMILES string of the molecule is CC[C@H](C(=O)N/N=C\c1c(C)nn(C)c1F)n1nc(C)c(Cl)c1C. The molecule has 0 spiro atoms. The van der Waals surface area contributed by atoms with E-state index in [0.717, 1.165) is 4.68 Å². The lowest BCUT2D eigenvalue weighted by Gasteiger charge is -2.15. The van der Waals surface area contributed by atoms with Gasteiger partial charge in [-0.25, -0.2) is 10.1 Å². The molecule has 1 N–H and O–H groups in total. The summed E-state index contributed by atoms with van der Waals surface area (Å²) in [7, 11) is 1.50. The average molecular weight is 355 g/mol. The summed E-state index contributed by atoms with van der Waals surface area (Å²) in [5.41, 5.74) is 4.53. The molecule has 2 rings (SSSR count). The first-order valence-electron chi connectivity index (χ1n) is 7.51. The second kappa shape index (κ2) is 7.12. The van der Waals surface area contributed by atoms with Crippen molar-refractivity contribution in [3.05, 3.63) is 33.6 Å². The molecule has 130 valence electrons. The van der Waals surface area contributed by atoms with E-state index in [9.17, 15) is 9.18 Å². The molecule has 2 aromatic heterocycles. The normalized spacial score (nSPS) is 12.8. The molecule has 0 saturated carbocycles. The van der Waals surface area contributed by atoms with Crippen LogP contribution in [0.1, 0.15) is 42.0 Å². The second-order valence-electron chi connectivity index (χ2n) is 5.50. The zero-order chi connectivity index (χ0) is 18.0. The molecular formula is C15H20ClFN6O. The van der Waals surface area contributed by atoms with E-state index in [2.05, 4.69) is 20.7 Å². The van der Waals surface area contributed by atoms with Gasteiger partial charge in [0.15, 0.2) is 0 Å². The van der Waals surface area contributed by atoms with E-state index < -0.39 is 12.0 Å². The summed E-state index contributed by atoms with van der Waals surface area (Å²) >= 11 is 6.13. The Bertz CT molecular complexity index is 794. The number of hydrogen-bond donors (Lipinski definition) is 1. The number of aromatic nitrogens is 4. The van der Waals surface area contributed by atoms with Gasteiger partial charge in [0, 0.05) is 7.05 Å². The second-order valence-corrected chi connectivity index (χ2v) is 5.88. The van der Waals surface area contributed by atoms with Gasteiger partial charge < -0.3 is 0 Å². The molecule has 7 nitrogen and oxygen atoms in total. The number of nitrogens with zero attached hydrogens (tertiary/aromatic N) is 5. The topological polar surface area (TPSA) is 77.1 Å². The molecule has 0 saturated heterocycles. The predicted octanol–water partition coefficient (Wildman–Crippen LogP) is 2.44. The minimum atomic E-state index is -0.548. The van der Waals surface area contributed by atoms with Crippen LogP contribution in [0.25, 0.3) is 0 Å². The molecule has 0 aliphatic heterocycles. The van der Waals surface area contributed by atoms with Gasteiger partial charge in [-0.3, -0.25) is 9.48 Å². The Morgan fingerprint density at radius 1 is 1.38 bits per heavy atom. The molecule has 1 amide bonds. The van der Waals surface area contributed by atoms with Crippen LogP contribution in [0.15, 0.2) is 5.10 Å². The van der Waals surface area contributed by atoms with E-state index in [1.54, 1.807) is 25.5 Å². The highest BCUT2D eigenvalue weighted by molar-refractivity contribution is 6.31. The molecule has 0 fully saturated rings. The highest BCUT2D eigenvalue weighted by Gasteiger charge is 2.23. The minimum absolute atomic E-state index is 0.236. The lowest BCUT2D eigenvalue weighted by molar-refractivity contribution is -0.124. The summed E-state index contributed by atoms with van der Waals surface area (Å²) in [6, 6.07) is -0.548. The molecule has 24 heavy (non-hydrogen) atoms. The van der Waals surface area contributed by atoms with Crippen molar-refractivity contribution in [2.45, 2.75) is 40.2 Å². The van der Waals surface area contributed by atoms with Crippen LogP contribution >= 0.6 is 11.6 Å². The fourth-order valence-corrected chi connectivity index (χ4v) is 2.57. The van der Waals surface area contributed by atoms with Crippen molar-refractivity contribution in [2.75, 3.05) is 0 Å². The molecule has 0 aliphatic rings. The zero-order valence-corrected chi connectivity index (χ0v) is 15.0. The molecule has 0 unspecified atom stereocenters. The number of halogens is 2. The van der Waals surface area contributed by atoms with Crippen LogP contribution in [-0.4, -0.2) is 31.7 Å². The summed E-state index contributed by atoms with van der Waals surface area (Å²) in [5.74, 6) is -0.860. The maximum absolute atomic E-state index is 13.8. The lowest BCUT2D eigenvalue weighted by atomic mass is 10.2. The third kappa shape index (κ3) is 3.33. The zero-order valence-electron chi connectivity index (χ0n) is 14.3. The first-order chi connectivity index (χ1) is 11.3. The van der Waals surface area contributed by atoms with E-state index in [1.807, 2.05) is 6.92 Å². The Balaban J connectivity index is 2.15. The molecule has 0 radical (unpaired) electrons. The van der Waals surface area contributed by atoms with Crippen LogP contribution in [0.4, 0.5) is 4.39 Å². The van der Waals surface area contributed by atoms with Gasteiger partial charge >= 0.3 is 0 Å². The van der Waals surface area contributed by atoms with Crippen molar-refractivity contribution < 1.29 is 9.18 Å². The van der Waals surface area contributed by atoms with Crippen LogP contribution in [0.3, 0.4) is 0 Å². The van der Waals surface area contributed by atoms with Gasteiger partial charge in [-0.1, -0.05) is 18.5 Å². The third-order valence-corrected chi connectivity index (χ3v) is 4.33. The molecule has 9 heteroatoms. The molecule has 0 aromatic carbocycles. The molecular weight excluding hydrogens is 335 g/mol. The average Bonchev–Trinajstić information content (AvgIpc) is 2.92. The number of hydrazone groups is 1. The smallest absolute Gasteiger partial charge is 0.264 e. The van der Waals surface area contributed by atoms with E-state index >= 15 is 0 Å². The van der Waals surface area contributed by atoms with Gasteiger partial charge in [-0.15, -0.1) is 0 Å². The monoisotopic (exact) mass is 354 g/mol. The fraction of sp³-hybridized carbons (Fsp3) is 0.467. The molecule has 1 atom stereocenters. The van der Waals surface area contributed by atoms with E-state index in [4.69, 9.17) is 11.6 Å². The van der Waals surface area contributed by atoms with Gasteiger partial charge in [-0.05, 0) is 27.2 Å². The van der Waals surface area contributed by atoms with Crippen LogP contribution < -0.4 is 5.43 Å². The quantitative estimate of drug-likeness (QED) is 0.661. The Morgan fingerprint density at radius 3 is 2.50 bits per heavy atom. The number of aryl methyl sites for hydroxylation is 3. The van der Waals surface area contributed by atoms with Crippen LogP contribution in [0.2, 0.25) is 5.02 Å². The lowest BCUT2D eigenvalue weighted by Crippen LogP contribution is -2.30. The molecule has 0 aliphatic carbocycles. The van der Waals surface area contributed by atoms with E-state index in [1.165, 1.54) is 13.3 Å². The van der Waals surface area contributed by atoms with E-state index in [0.29, 0.717) is 28.5 Å². The van der Waals surface area contributed by atoms with Crippen LogP contribution in [0, 0.1) is 26.7 Å². The van der Waals surface area contributed by atoms with Crippen molar-refractivity contribution in [2.24, 2.45) is 12.1 Å². The summed E-state index contributed by atoms with van der Waals surface area (Å²) in [5, 5.41) is 12.6. The molecule has 2 heterocycles. The Morgan fingerprint density at radius 2 is 2.04 bits per heavy atom. The number of carbonyl (C=O) groups is 1. The van der Waals surface area contributed by atoms with Crippen LogP contribution in [-0.2, 0) is 11.8 Å². The van der Waals surface area contributed by atoms with E-state index in [-0.39, 0.29) is 11.5 Å². The standard InChI is InChI=1S/C15H20ClFN6O/c1-6-12(23-10(4)13(16)9(3)21-23)15(24)19-18-7-11-8(2)20-22(5)14(11)17/h7,12H,6H2,1-5H3,(H,19,24)/b18-7-/t12-/m1/s1. The van der Waals surface area contributed by atoms with Gasteiger partial charge in [0.2, 0.25) is 5.95 Å². The Kier molecular flexibility index (Phi) is 5.38. The maximum Gasteiger partial charge on any atom is 0.264 e. The predicted molar refractivity (Wildman–Crippen MR) is 89.7 cm³/mol. The van der Waals surface area contributed by atoms with Crippen molar-refractivity contribution in [3.63, 3.8) is 0 Å². The first-order valence-corrected chi connectivity index (χ1v) is 7.88. The summed E-state index contributed by atoms with van der Waals surface area (Å²) in [6.45, 7) is 7.11. The fourth-order valence-electron chi connectivity index (χ4n) is 2.44. The van der Waals surface area contributed by atoms with Gasteiger partial charge in [0.1, 0.15) is 6.04 Å². The van der Waals surface area contributed by atoms with Crippen molar-refractivity contribution in [3.8, 4) is 0 Å². The third-order valence-electron chi connectivity index (χ3n) is 3.79. The Hall–Kier alpha value is -2.22. The highest BCUT2D eigenvalue weighted by atomic mass is 35.5. The number of amides is 1. The van der Waals surface area contributed by atoms with Crippen LogP contribution in [0.5, 0.6) is 0 Å². The van der Waals surface area contributed by atoms with Crippen molar-refractivity contribution in [1.82, 2.24) is 25.0 Å². The Labute approximate surface area is 144 Å². The number of rotatable bonds is 5. The number of carbonyl (C=O) groups excluding carboxylic acids is 1. The first kappa shape index (κ1) is 18.1. The van der Waals surface area contributed by atoms with Gasteiger partial charge in [0.25, 0.3) is 5.91 Å². The summed E-state index contributed by atoms with van der Waals surface area (Å²) < 4.78 is 16.5. The molecule has 2 aromatic rings. The largest absolute Gasteiger partial charge is 0.271 e. The van der Waals surface area contributed by atoms with Gasteiger partial charge in [0.05, 0.1) is 33.9 Å². The van der Waals surface area contributed by atoms with Crippen molar-refractivity contribution in [1.29, 1.82) is 0 Å². The van der Waals surface area contributed by atoms with Crippen molar-refractivity contribution >= 4 is 23.7 Å². The van der Waals surface area contributed by atoms with Gasteiger partial charge in [-0.2, -0.15) is 19.7 Å². The summed E-state index contributed by atoms with van der Waals surface area (Å²) in [6.07, 6.45) is 1.76. The minimum Gasteiger partial charge on any atom is -0.271 e. The summed E-state index contributed by atoms with van der Waals surface area (Å²) in [4.78, 5) is 12.4. The number of hydrogen-bond acceptors (Lipinski definition) is 4.